The zero-order valence-corrected chi connectivity index (χ0v) is 14.6. The Hall–Kier alpha value is -0.530. The molecule has 1 aliphatic rings. The highest BCUT2D eigenvalue weighted by molar-refractivity contribution is 14.1. The molecule has 0 saturated carbocycles. The second-order valence-corrected chi connectivity index (χ2v) is 6.06. The number of nitrogens with one attached hydrogen (secondary N) is 2. The molecular formula is C14H20ClIN2O2. The summed E-state index contributed by atoms with van der Waals surface area (Å²) in [6.45, 7) is 3.11. The summed E-state index contributed by atoms with van der Waals surface area (Å²) in [6, 6.07) is 6.25. The summed E-state index contributed by atoms with van der Waals surface area (Å²) in [5.74, 6) is 0.780. The van der Waals surface area contributed by atoms with Crippen molar-refractivity contribution in [2.24, 2.45) is 0 Å². The van der Waals surface area contributed by atoms with Crippen molar-refractivity contribution < 1.29 is 9.53 Å². The summed E-state index contributed by atoms with van der Waals surface area (Å²) >= 11 is 2.17. The minimum absolute atomic E-state index is 0. The Bertz CT molecular complexity index is 470. The quantitative estimate of drug-likeness (QED) is 0.753. The third-order valence-electron chi connectivity index (χ3n) is 3.38. The van der Waals surface area contributed by atoms with Crippen molar-refractivity contribution in [1.29, 1.82) is 0 Å². The first-order valence-corrected chi connectivity index (χ1v) is 7.56. The molecule has 1 saturated heterocycles. The fourth-order valence-electron chi connectivity index (χ4n) is 2.33. The van der Waals surface area contributed by atoms with Gasteiger partial charge in [-0.15, -0.1) is 12.4 Å². The number of hydrogen-bond acceptors (Lipinski definition) is 3. The van der Waals surface area contributed by atoms with Crippen LogP contribution < -0.4 is 15.4 Å². The van der Waals surface area contributed by atoms with E-state index in [1.807, 2.05) is 18.2 Å². The van der Waals surface area contributed by atoms with Crippen LogP contribution in [0, 0.1) is 3.57 Å². The molecule has 1 amide bonds. The molecule has 0 aliphatic carbocycles. The average Bonchev–Trinajstić information content (AvgIpc) is 2.38. The molecule has 0 radical (unpaired) electrons. The van der Waals surface area contributed by atoms with E-state index in [-0.39, 0.29) is 24.4 Å². The number of carbonyl (C=O) groups excluding carboxylic acids is 1. The number of amides is 1. The van der Waals surface area contributed by atoms with Crippen LogP contribution in [0.1, 0.15) is 30.1 Å². The van der Waals surface area contributed by atoms with Gasteiger partial charge in [0.15, 0.2) is 0 Å². The Labute approximate surface area is 139 Å². The highest BCUT2D eigenvalue weighted by Gasteiger charge is 2.21. The maximum atomic E-state index is 12.3. The minimum atomic E-state index is 0. The number of rotatable bonds is 3. The second kappa shape index (κ2) is 8.05. The van der Waals surface area contributed by atoms with E-state index in [1.54, 1.807) is 7.11 Å². The molecule has 1 aromatic carbocycles. The van der Waals surface area contributed by atoms with Crippen molar-refractivity contribution in [3.63, 3.8) is 0 Å². The van der Waals surface area contributed by atoms with Gasteiger partial charge in [0.1, 0.15) is 5.75 Å². The van der Waals surface area contributed by atoms with Crippen LogP contribution in [0.2, 0.25) is 0 Å². The van der Waals surface area contributed by atoms with Crippen LogP contribution in [0.5, 0.6) is 5.75 Å². The summed E-state index contributed by atoms with van der Waals surface area (Å²) in [5.41, 5.74) is 0.715. The van der Waals surface area contributed by atoms with Crippen LogP contribution in [0.25, 0.3) is 0 Å². The Kier molecular flexibility index (Phi) is 7.05. The third-order valence-corrected chi connectivity index (χ3v) is 4.27. The maximum absolute atomic E-state index is 12.3. The van der Waals surface area contributed by atoms with Crippen molar-refractivity contribution in [2.75, 3.05) is 13.7 Å². The van der Waals surface area contributed by atoms with Gasteiger partial charge in [0.2, 0.25) is 0 Å². The van der Waals surface area contributed by atoms with Gasteiger partial charge in [0.05, 0.1) is 12.7 Å². The Balaban J connectivity index is 0.00000200. The van der Waals surface area contributed by atoms with Gasteiger partial charge in [0, 0.05) is 15.7 Å². The second-order valence-electron chi connectivity index (χ2n) is 4.90. The fraction of sp³-hybridized carbons (Fsp3) is 0.500. The molecule has 0 aromatic heterocycles. The SMILES string of the molecule is COc1ccc(C(=O)NC2CCNC(C)C2)c(I)c1.Cl. The topological polar surface area (TPSA) is 50.4 Å². The number of carbonyl (C=O) groups is 1. The molecule has 20 heavy (non-hydrogen) atoms. The number of methoxy groups -OCH3 is 1. The Morgan fingerprint density at radius 3 is 2.85 bits per heavy atom. The minimum Gasteiger partial charge on any atom is -0.497 e. The largest absolute Gasteiger partial charge is 0.497 e. The van der Waals surface area contributed by atoms with Gasteiger partial charge >= 0.3 is 0 Å². The Morgan fingerprint density at radius 1 is 1.50 bits per heavy atom. The van der Waals surface area contributed by atoms with Crippen LogP contribution in [0.4, 0.5) is 0 Å². The average molecular weight is 411 g/mol. The van der Waals surface area contributed by atoms with Crippen LogP contribution in [-0.4, -0.2) is 31.6 Å². The van der Waals surface area contributed by atoms with Crippen LogP contribution >= 0.6 is 35.0 Å². The molecule has 2 rings (SSSR count). The van der Waals surface area contributed by atoms with Gasteiger partial charge in [0.25, 0.3) is 5.91 Å². The number of benzene rings is 1. The first kappa shape index (κ1) is 17.5. The lowest BCUT2D eigenvalue weighted by Gasteiger charge is -2.28. The van der Waals surface area contributed by atoms with E-state index in [2.05, 4.69) is 40.1 Å². The molecule has 1 heterocycles. The van der Waals surface area contributed by atoms with E-state index in [4.69, 9.17) is 4.74 Å². The molecule has 4 nitrogen and oxygen atoms in total. The predicted molar refractivity (Wildman–Crippen MR) is 90.9 cm³/mol. The van der Waals surface area contributed by atoms with Crippen molar-refractivity contribution >= 4 is 40.9 Å². The highest BCUT2D eigenvalue weighted by atomic mass is 127. The van der Waals surface area contributed by atoms with E-state index >= 15 is 0 Å². The maximum Gasteiger partial charge on any atom is 0.252 e. The summed E-state index contributed by atoms with van der Waals surface area (Å²) in [5, 5.41) is 6.50. The van der Waals surface area contributed by atoms with Gasteiger partial charge in [-0.2, -0.15) is 0 Å². The molecule has 1 aromatic rings. The van der Waals surface area contributed by atoms with Crippen LogP contribution in [0.3, 0.4) is 0 Å². The van der Waals surface area contributed by atoms with Crippen LogP contribution in [-0.2, 0) is 0 Å². The summed E-state index contributed by atoms with van der Waals surface area (Å²) in [7, 11) is 1.63. The number of piperidine rings is 1. The highest BCUT2D eigenvalue weighted by Crippen LogP contribution is 2.20. The molecule has 2 unspecified atom stereocenters. The smallest absolute Gasteiger partial charge is 0.252 e. The van der Waals surface area contributed by atoms with E-state index in [0.29, 0.717) is 11.6 Å². The summed E-state index contributed by atoms with van der Waals surface area (Å²) < 4.78 is 6.06. The van der Waals surface area contributed by atoms with Gasteiger partial charge in [-0.1, -0.05) is 0 Å². The van der Waals surface area contributed by atoms with Gasteiger partial charge in [-0.05, 0) is 67.1 Å². The van der Waals surface area contributed by atoms with E-state index in [1.165, 1.54) is 0 Å². The first-order chi connectivity index (χ1) is 9.10. The lowest BCUT2D eigenvalue weighted by Crippen LogP contribution is -2.46. The lowest BCUT2D eigenvalue weighted by atomic mass is 10.0. The standard InChI is InChI=1S/C14H19IN2O2.ClH/c1-9-7-10(5-6-16-9)17-14(18)12-4-3-11(19-2)8-13(12)15;/h3-4,8-10,16H,5-7H2,1-2H3,(H,17,18);1H. The van der Waals surface area contributed by atoms with Crippen molar-refractivity contribution in [1.82, 2.24) is 10.6 Å². The first-order valence-electron chi connectivity index (χ1n) is 6.48. The summed E-state index contributed by atoms with van der Waals surface area (Å²) in [6.07, 6.45) is 1.97. The molecule has 2 N–H and O–H groups in total. The third kappa shape index (κ3) is 4.49. The zero-order chi connectivity index (χ0) is 13.8. The normalized spacial score (nSPS) is 21.8. The lowest BCUT2D eigenvalue weighted by molar-refractivity contribution is 0.0924. The molecule has 0 spiro atoms. The fourth-order valence-corrected chi connectivity index (χ4v) is 3.06. The number of halogens is 2. The predicted octanol–water partition coefficient (Wildman–Crippen LogP) is 2.59. The number of hydrogen-bond donors (Lipinski definition) is 2. The van der Waals surface area contributed by atoms with Gasteiger partial charge < -0.3 is 15.4 Å². The van der Waals surface area contributed by atoms with Crippen molar-refractivity contribution in [2.45, 2.75) is 31.8 Å². The van der Waals surface area contributed by atoms with Crippen molar-refractivity contribution in [3.05, 3.63) is 27.3 Å². The molecule has 2 atom stereocenters. The molecular weight excluding hydrogens is 391 g/mol. The van der Waals surface area contributed by atoms with Crippen molar-refractivity contribution in [3.8, 4) is 5.75 Å². The molecule has 1 fully saturated rings. The van der Waals surface area contributed by atoms with E-state index in [0.717, 1.165) is 28.7 Å². The van der Waals surface area contributed by atoms with Gasteiger partial charge in [-0.3, -0.25) is 4.79 Å². The molecule has 6 heteroatoms. The molecule has 112 valence electrons. The van der Waals surface area contributed by atoms with E-state index < -0.39 is 0 Å². The monoisotopic (exact) mass is 410 g/mol. The Morgan fingerprint density at radius 2 is 2.25 bits per heavy atom. The zero-order valence-electron chi connectivity index (χ0n) is 11.6. The molecule has 0 bridgehead atoms. The summed E-state index contributed by atoms with van der Waals surface area (Å²) in [4.78, 5) is 12.3. The van der Waals surface area contributed by atoms with E-state index in [9.17, 15) is 4.79 Å². The number of ether oxygens (including phenoxy) is 1. The van der Waals surface area contributed by atoms with Gasteiger partial charge in [-0.25, -0.2) is 0 Å². The van der Waals surface area contributed by atoms with Crippen LogP contribution in [0.15, 0.2) is 18.2 Å². The molecule has 1 aliphatic heterocycles.